The van der Waals surface area contributed by atoms with Crippen molar-refractivity contribution < 1.29 is 49.1 Å². The molecule has 42 heavy (non-hydrogen) atoms. The molecule has 218 valence electrons. The maximum absolute atomic E-state index is 13.7. The fraction of sp³-hybridized carbons (Fsp3) is 0.300. The first-order valence-electron chi connectivity index (χ1n) is 13.2. The van der Waals surface area contributed by atoms with Crippen molar-refractivity contribution in [1.82, 2.24) is 0 Å². The van der Waals surface area contributed by atoms with Gasteiger partial charge in [0.25, 0.3) is 5.91 Å². The number of carbonyl (C=O) groups is 5. The minimum Gasteiger partial charge on any atom is -0.511 e. The Morgan fingerprint density at radius 2 is 1.71 bits per heavy atom. The van der Waals surface area contributed by atoms with E-state index in [9.17, 15) is 44.4 Å². The molecular formula is C30H28N2O10. The number of aliphatic hydroxyl groups is 3. The van der Waals surface area contributed by atoms with E-state index in [-0.39, 0.29) is 54.9 Å². The molecule has 0 spiro atoms. The first kappa shape index (κ1) is 28.6. The van der Waals surface area contributed by atoms with E-state index in [0.717, 1.165) is 0 Å². The van der Waals surface area contributed by atoms with E-state index in [4.69, 9.17) is 5.73 Å². The Hall–Kier alpha value is -4.97. The number of anilines is 1. The molecule has 0 aliphatic heterocycles. The summed E-state index contributed by atoms with van der Waals surface area (Å²) >= 11 is 0. The topological polar surface area (TPSA) is 214 Å². The van der Waals surface area contributed by atoms with Crippen molar-refractivity contribution in [3.8, 4) is 16.9 Å². The number of Topliss-reactive ketones (excluding diaryl/α,β-unsaturated/α-hetero) is 2. The minimum absolute atomic E-state index is 0.0224. The molecule has 3 aliphatic carbocycles. The number of hydrogen-bond donors (Lipinski definition) is 6. The Bertz CT molecular complexity index is 1620. The van der Waals surface area contributed by atoms with Crippen LogP contribution < -0.4 is 11.1 Å². The van der Waals surface area contributed by atoms with Gasteiger partial charge in [-0.05, 0) is 53.6 Å². The fourth-order valence-corrected chi connectivity index (χ4v) is 6.16. The average Bonchev–Trinajstić information content (AvgIpc) is 2.94. The van der Waals surface area contributed by atoms with Crippen molar-refractivity contribution in [3.63, 3.8) is 0 Å². The molecule has 0 fully saturated rings. The molecule has 3 atom stereocenters. The highest BCUT2D eigenvalue weighted by atomic mass is 16.5. The van der Waals surface area contributed by atoms with Crippen LogP contribution in [0.2, 0.25) is 0 Å². The number of primary amides is 1. The van der Waals surface area contributed by atoms with E-state index in [1.54, 1.807) is 30.3 Å². The lowest BCUT2D eigenvalue weighted by atomic mass is 9.60. The monoisotopic (exact) mass is 576 g/mol. The average molecular weight is 577 g/mol. The van der Waals surface area contributed by atoms with Gasteiger partial charge in [-0.25, -0.2) is 0 Å². The van der Waals surface area contributed by atoms with Crippen molar-refractivity contribution in [3.05, 3.63) is 70.2 Å². The number of nitrogens with two attached hydrogens (primary N) is 1. The van der Waals surface area contributed by atoms with Crippen molar-refractivity contribution in [1.29, 1.82) is 0 Å². The minimum atomic E-state index is -2.63. The predicted molar refractivity (Wildman–Crippen MR) is 146 cm³/mol. The number of esters is 1. The molecule has 5 rings (SSSR count). The van der Waals surface area contributed by atoms with Crippen LogP contribution in [0.5, 0.6) is 5.75 Å². The van der Waals surface area contributed by atoms with E-state index >= 15 is 0 Å². The number of ketones is 2. The Morgan fingerprint density at radius 3 is 2.36 bits per heavy atom. The van der Waals surface area contributed by atoms with Crippen LogP contribution >= 0.6 is 0 Å². The number of ether oxygens (including phenoxy) is 1. The van der Waals surface area contributed by atoms with Gasteiger partial charge >= 0.3 is 5.97 Å². The maximum atomic E-state index is 13.7. The van der Waals surface area contributed by atoms with Gasteiger partial charge in [0.05, 0.1) is 19.1 Å². The summed E-state index contributed by atoms with van der Waals surface area (Å²) < 4.78 is 4.53. The molecule has 0 saturated heterocycles. The fourth-order valence-electron chi connectivity index (χ4n) is 6.16. The second-order valence-corrected chi connectivity index (χ2v) is 10.6. The van der Waals surface area contributed by atoms with Crippen LogP contribution in [-0.4, -0.2) is 62.5 Å². The van der Waals surface area contributed by atoms with Gasteiger partial charge in [0.1, 0.15) is 22.8 Å². The van der Waals surface area contributed by atoms with Crippen molar-refractivity contribution in [2.45, 2.75) is 37.7 Å². The zero-order chi connectivity index (χ0) is 30.5. The molecule has 2 aromatic rings. The molecule has 0 saturated carbocycles. The van der Waals surface area contributed by atoms with Gasteiger partial charge in [0.15, 0.2) is 11.4 Å². The number of allylic oxidation sites excluding steroid dienone is 2. The quantitative estimate of drug-likeness (QED) is 0.218. The highest BCUT2D eigenvalue weighted by Crippen LogP contribution is 2.52. The summed E-state index contributed by atoms with van der Waals surface area (Å²) in [6, 6.07) is 9.67. The van der Waals surface area contributed by atoms with E-state index in [1.807, 2.05) is 0 Å². The Morgan fingerprint density at radius 1 is 1.02 bits per heavy atom. The van der Waals surface area contributed by atoms with Gasteiger partial charge in [0, 0.05) is 30.0 Å². The summed E-state index contributed by atoms with van der Waals surface area (Å²) in [6.07, 6.45) is -0.241. The number of methoxy groups -OCH3 is 1. The summed E-state index contributed by atoms with van der Waals surface area (Å²) in [5.41, 5.74) is 3.68. The number of nitrogens with one attached hydrogen (secondary N) is 1. The van der Waals surface area contributed by atoms with Crippen LogP contribution in [0.15, 0.2) is 59.1 Å². The SMILES string of the molecule is COC(=O)CCC(=O)Nc1ccc(-c2ccc(O)c3c2C[C@H]2C[C@H]4CC(O)=C(C(N)=O)C(=O)[C@@]4(O)C(O)=C2C3=O)cc1. The van der Waals surface area contributed by atoms with E-state index in [2.05, 4.69) is 10.1 Å². The Balaban J connectivity index is 1.48. The number of aromatic hydroxyl groups is 1. The summed E-state index contributed by atoms with van der Waals surface area (Å²) in [4.78, 5) is 62.0. The molecule has 0 bridgehead atoms. The van der Waals surface area contributed by atoms with Gasteiger partial charge < -0.3 is 36.2 Å². The molecule has 3 aliphatic rings. The summed E-state index contributed by atoms with van der Waals surface area (Å²) in [5.74, 6) is -7.73. The standard InChI is InChI=1S/C30H28N2O10/c1-42-22(36)9-8-21(35)32-16-4-2-13(3-5-16)17-6-7-19(33)24-18(17)11-14-10-15-12-20(34)25(29(31)40)28(39)30(15,41)27(38)23(14)26(24)37/h2-7,14-15,33-34,38,41H,8-12H2,1H3,(H2,31,40)(H,32,35)/t14-,15+,30+/m1/s1. The molecule has 2 aromatic carbocycles. The zero-order valence-electron chi connectivity index (χ0n) is 22.5. The highest BCUT2D eigenvalue weighted by Gasteiger charge is 2.59. The van der Waals surface area contributed by atoms with Crippen LogP contribution in [0.4, 0.5) is 5.69 Å². The van der Waals surface area contributed by atoms with Crippen LogP contribution in [0, 0.1) is 11.8 Å². The molecule has 2 amide bonds. The number of hydrogen-bond acceptors (Lipinski definition) is 10. The number of fused-ring (bicyclic) bond motifs is 3. The number of phenols is 1. The molecule has 7 N–H and O–H groups in total. The number of amides is 2. The molecule has 12 heteroatoms. The number of aliphatic hydroxyl groups excluding tert-OH is 2. The number of phenolic OH excluding ortho intramolecular Hbond substituents is 1. The van der Waals surface area contributed by atoms with Gasteiger partial charge in [-0.1, -0.05) is 18.2 Å². The number of carbonyl (C=O) groups excluding carboxylic acids is 5. The molecule has 0 heterocycles. The second-order valence-electron chi connectivity index (χ2n) is 10.6. The Labute approximate surface area is 239 Å². The van der Waals surface area contributed by atoms with Crippen LogP contribution in [0.25, 0.3) is 11.1 Å². The third-order valence-electron chi connectivity index (χ3n) is 8.21. The number of benzene rings is 2. The summed E-state index contributed by atoms with van der Waals surface area (Å²) in [7, 11) is 1.24. The third kappa shape index (κ3) is 4.49. The molecule has 0 unspecified atom stereocenters. The lowest BCUT2D eigenvalue weighted by molar-refractivity contribution is -0.144. The normalized spacial score (nSPS) is 23.1. The van der Waals surface area contributed by atoms with E-state index in [1.165, 1.54) is 13.2 Å². The van der Waals surface area contributed by atoms with Crippen LogP contribution in [-0.2, 0) is 30.3 Å². The second kappa shape index (κ2) is 10.5. The first-order valence-corrected chi connectivity index (χ1v) is 13.2. The third-order valence-corrected chi connectivity index (χ3v) is 8.21. The van der Waals surface area contributed by atoms with E-state index < -0.39 is 58.0 Å². The Kier molecular flexibility index (Phi) is 7.11. The smallest absolute Gasteiger partial charge is 0.306 e. The highest BCUT2D eigenvalue weighted by molar-refractivity contribution is 6.24. The van der Waals surface area contributed by atoms with E-state index in [0.29, 0.717) is 22.4 Å². The summed E-state index contributed by atoms with van der Waals surface area (Å²) in [5, 5.41) is 46.2. The van der Waals surface area contributed by atoms with Crippen molar-refractivity contribution in [2.75, 3.05) is 12.4 Å². The van der Waals surface area contributed by atoms with Crippen molar-refractivity contribution >= 4 is 35.0 Å². The largest absolute Gasteiger partial charge is 0.511 e. The van der Waals surface area contributed by atoms with Crippen LogP contribution in [0.3, 0.4) is 0 Å². The van der Waals surface area contributed by atoms with Gasteiger partial charge in [-0.15, -0.1) is 0 Å². The van der Waals surface area contributed by atoms with Gasteiger partial charge in [-0.2, -0.15) is 0 Å². The molecule has 12 nitrogen and oxygen atoms in total. The molecule has 0 aromatic heterocycles. The van der Waals surface area contributed by atoms with Crippen LogP contribution in [0.1, 0.15) is 41.6 Å². The lowest BCUT2D eigenvalue weighted by Crippen LogP contribution is -2.57. The van der Waals surface area contributed by atoms with Gasteiger partial charge in [-0.3, -0.25) is 24.0 Å². The number of rotatable bonds is 6. The predicted octanol–water partition coefficient (Wildman–Crippen LogP) is 2.14. The van der Waals surface area contributed by atoms with Crippen molar-refractivity contribution in [2.24, 2.45) is 17.6 Å². The summed E-state index contributed by atoms with van der Waals surface area (Å²) in [6.45, 7) is 0. The maximum Gasteiger partial charge on any atom is 0.306 e. The molecular weight excluding hydrogens is 548 g/mol. The van der Waals surface area contributed by atoms with Gasteiger partial charge in [0.2, 0.25) is 11.7 Å². The first-order chi connectivity index (χ1) is 19.9. The molecule has 0 radical (unpaired) electrons. The zero-order valence-corrected chi connectivity index (χ0v) is 22.5. The lowest BCUT2D eigenvalue weighted by Gasteiger charge is -2.45.